The third kappa shape index (κ3) is 3.37. The number of hydrogen-bond acceptors (Lipinski definition) is 3. The van der Waals surface area contributed by atoms with E-state index < -0.39 is 0 Å². The standard InChI is InChI=1S/C14H14ClNO2/c1-2-17-12-6-7-14(13(15)9-12)18-10-11-5-3-4-8-16-11/h3-9H,2,10H2,1H3. The van der Waals surface area contributed by atoms with Gasteiger partial charge < -0.3 is 9.47 Å². The maximum absolute atomic E-state index is 6.11. The van der Waals surface area contributed by atoms with E-state index in [0.29, 0.717) is 24.0 Å². The van der Waals surface area contributed by atoms with Gasteiger partial charge >= 0.3 is 0 Å². The first kappa shape index (κ1) is 12.7. The van der Waals surface area contributed by atoms with E-state index in [9.17, 15) is 0 Å². The minimum atomic E-state index is 0.397. The molecule has 0 aliphatic heterocycles. The zero-order valence-corrected chi connectivity index (χ0v) is 10.9. The highest BCUT2D eigenvalue weighted by Gasteiger charge is 2.04. The zero-order chi connectivity index (χ0) is 12.8. The van der Waals surface area contributed by atoms with E-state index in [-0.39, 0.29) is 0 Å². The summed E-state index contributed by atoms with van der Waals surface area (Å²) in [6.07, 6.45) is 1.73. The molecule has 1 heterocycles. The number of nitrogens with zero attached hydrogens (tertiary/aromatic N) is 1. The van der Waals surface area contributed by atoms with Crippen molar-refractivity contribution in [3.05, 3.63) is 53.3 Å². The van der Waals surface area contributed by atoms with Gasteiger partial charge in [-0.05, 0) is 31.2 Å². The summed E-state index contributed by atoms with van der Waals surface area (Å²) in [5.41, 5.74) is 0.863. The van der Waals surface area contributed by atoms with Crippen LogP contribution in [0.5, 0.6) is 11.5 Å². The van der Waals surface area contributed by atoms with Crippen LogP contribution in [0.2, 0.25) is 5.02 Å². The minimum absolute atomic E-state index is 0.397. The molecule has 0 aliphatic rings. The molecule has 1 aromatic heterocycles. The summed E-state index contributed by atoms with van der Waals surface area (Å²) in [5, 5.41) is 0.539. The van der Waals surface area contributed by atoms with Crippen LogP contribution in [-0.2, 0) is 6.61 Å². The molecule has 94 valence electrons. The molecule has 0 unspecified atom stereocenters. The molecule has 0 N–H and O–H groups in total. The smallest absolute Gasteiger partial charge is 0.138 e. The maximum atomic E-state index is 6.11. The fourth-order valence-corrected chi connectivity index (χ4v) is 1.72. The van der Waals surface area contributed by atoms with Crippen molar-refractivity contribution in [3.8, 4) is 11.5 Å². The first-order valence-electron chi connectivity index (χ1n) is 5.74. The monoisotopic (exact) mass is 263 g/mol. The van der Waals surface area contributed by atoms with Crippen LogP contribution in [0.25, 0.3) is 0 Å². The van der Waals surface area contributed by atoms with Gasteiger partial charge in [0.15, 0.2) is 0 Å². The summed E-state index contributed by atoms with van der Waals surface area (Å²) < 4.78 is 11.0. The van der Waals surface area contributed by atoms with Crippen LogP contribution in [0.15, 0.2) is 42.6 Å². The van der Waals surface area contributed by atoms with Crippen molar-refractivity contribution in [1.29, 1.82) is 0 Å². The summed E-state index contributed by atoms with van der Waals surface area (Å²) in [5.74, 6) is 1.37. The molecule has 0 atom stereocenters. The van der Waals surface area contributed by atoms with Gasteiger partial charge in [-0.25, -0.2) is 0 Å². The fraction of sp³-hybridized carbons (Fsp3) is 0.214. The Hall–Kier alpha value is -1.74. The number of halogens is 1. The van der Waals surface area contributed by atoms with Gasteiger partial charge in [0.2, 0.25) is 0 Å². The number of rotatable bonds is 5. The largest absolute Gasteiger partial charge is 0.494 e. The van der Waals surface area contributed by atoms with Gasteiger partial charge in [0.1, 0.15) is 18.1 Å². The Morgan fingerprint density at radius 3 is 2.72 bits per heavy atom. The quantitative estimate of drug-likeness (QED) is 0.824. The summed E-state index contributed by atoms with van der Waals surface area (Å²) >= 11 is 6.11. The van der Waals surface area contributed by atoms with Crippen LogP contribution in [-0.4, -0.2) is 11.6 Å². The molecule has 0 bridgehead atoms. The summed E-state index contributed by atoms with van der Waals surface area (Å²) in [6.45, 7) is 2.94. The van der Waals surface area contributed by atoms with E-state index in [4.69, 9.17) is 21.1 Å². The van der Waals surface area contributed by atoms with E-state index in [1.807, 2.05) is 31.2 Å². The first-order valence-corrected chi connectivity index (χ1v) is 6.12. The average Bonchev–Trinajstić information content (AvgIpc) is 2.39. The second-order valence-corrected chi connectivity index (χ2v) is 4.04. The zero-order valence-electron chi connectivity index (χ0n) is 10.1. The molecule has 2 rings (SSSR count). The van der Waals surface area contributed by atoms with Crippen LogP contribution in [0, 0.1) is 0 Å². The molecule has 1 aromatic carbocycles. The number of hydrogen-bond donors (Lipinski definition) is 0. The highest BCUT2D eigenvalue weighted by Crippen LogP contribution is 2.29. The Balaban J connectivity index is 2.01. The molecule has 18 heavy (non-hydrogen) atoms. The lowest BCUT2D eigenvalue weighted by atomic mass is 10.3. The molecular formula is C14H14ClNO2. The molecule has 3 nitrogen and oxygen atoms in total. The van der Waals surface area contributed by atoms with E-state index in [0.717, 1.165) is 11.4 Å². The average molecular weight is 264 g/mol. The van der Waals surface area contributed by atoms with Crippen LogP contribution < -0.4 is 9.47 Å². The second-order valence-electron chi connectivity index (χ2n) is 3.63. The Labute approximate surface area is 111 Å². The van der Waals surface area contributed by atoms with Gasteiger partial charge in [0.05, 0.1) is 17.3 Å². The van der Waals surface area contributed by atoms with Gasteiger partial charge in [-0.3, -0.25) is 4.98 Å². The van der Waals surface area contributed by atoms with Crippen molar-refractivity contribution >= 4 is 11.6 Å². The lowest BCUT2D eigenvalue weighted by Gasteiger charge is -2.09. The third-order valence-electron chi connectivity index (χ3n) is 2.32. The Kier molecular flexibility index (Phi) is 4.42. The second kappa shape index (κ2) is 6.26. The molecule has 0 aliphatic carbocycles. The van der Waals surface area contributed by atoms with Crippen LogP contribution in [0.1, 0.15) is 12.6 Å². The number of aromatic nitrogens is 1. The summed E-state index contributed by atoms with van der Waals surface area (Å²) in [4.78, 5) is 4.18. The van der Waals surface area contributed by atoms with Crippen molar-refractivity contribution < 1.29 is 9.47 Å². The molecular weight excluding hydrogens is 250 g/mol. The predicted octanol–water partition coefficient (Wildman–Crippen LogP) is 3.71. The third-order valence-corrected chi connectivity index (χ3v) is 2.61. The van der Waals surface area contributed by atoms with E-state index in [1.165, 1.54) is 0 Å². The van der Waals surface area contributed by atoms with Crippen LogP contribution in [0.4, 0.5) is 0 Å². The van der Waals surface area contributed by atoms with Crippen molar-refractivity contribution in [2.45, 2.75) is 13.5 Å². The maximum Gasteiger partial charge on any atom is 0.138 e. The molecule has 0 spiro atoms. The molecule has 4 heteroatoms. The van der Waals surface area contributed by atoms with Gasteiger partial charge in [-0.1, -0.05) is 17.7 Å². The van der Waals surface area contributed by atoms with E-state index >= 15 is 0 Å². The molecule has 0 saturated heterocycles. The SMILES string of the molecule is CCOc1ccc(OCc2ccccn2)c(Cl)c1. The highest BCUT2D eigenvalue weighted by molar-refractivity contribution is 6.32. The predicted molar refractivity (Wildman–Crippen MR) is 71.2 cm³/mol. The van der Waals surface area contributed by atoms with Gasteiger partial charge in [-0.15, -0.1) is 0 Å². The first-order chi connectivity index (χ1) is 8.79. The lowest BCUT2D eigenvalue weighted by Crippen LogP contribution is -1.98. The van der Waals surface area contributed by atoms with Crippen molar-refractivity contribution in [2.24, 2.45) is 0 Å². The Morgan fingerprint density at radius 2 is 2.06 bits per heavy atom. The normalized spacial score (nSPS) is 10.1. The Bertz CT molecular complexity index is 502. The topological polar surface area (TPSA) is 31.4 Å². The molecule has 0 saturated carbocycles. The Morgan fingerprint density at radius 1 is 1.17 bits per heavy atom. The lowest BCUT2D eigenvalue weighted by molar-refractivity contribution is 0.299. The van der Waals surface area contributed by atoms with Gasteiger partial charge in [0.25, 0.3) is 0 Å². The van der Waals surface area contributed by atoms with Crippen molar-refractivity contribution in [2.75, 3.05) is 6.61 Å². The summed E-state index contributed by atoms with van der Waals surface area (Å²) in [7, 11) is 0. The molecule has 0 radical (unpaired) electrons. The number of benzene rings is 1. The van der Waals surface area contributed by atoms with Gasteiger partial charge in [0, 0.05) is 12.3 Å². The summed E-state index contributed by atoms with van der Waals surface area (Å²) in [6, 6.07) is 11.1. The minimum Gasteiger partial charge on any atom is -0.494 e. The fourth-order valence-electron chi connectivity index (χ4n) is 1.49. The molecule has 0 fully saturated rings. The molecule has 2 aromatic rings. The van der Waals surface area contributed by atoms with E-state index in [1.54, 1.807) is 18.3 Å². The molecule has 0 amide bonds. The van der Waals surface area contributed by atoms with Crippen molar-refractivity contribution in [3.63, 3.8) is 0 Å². The van der Waals surface area contributed by atoms with Crippen LogP contribution in [0.3, 0.4) is 0 Å². The van der Waals surface area contributed by atoms with Crippen molar-refractivity contribution in [1.82, 2.24) is 4.98 Å². The van der Waals surface area contributed by atoms with Gasteiger partial charge in [-0.2, -0.15) is 0 Å². The van der Waals surface area contributed by atoms with E-state index in [2.05, 4.69) is 4.98 Å². The number of ether oxygens (including phenoxy) is 2. The van der Waals surface area contributed by atoms with Crippen LogP contribution >= 0.6 is 11.6 Å². The number of pyridine rings is 1. The highest BCUT2D eigenvalue weighted by atomic mass is 35.5.